The Morgan fingerprint density at radius 2 is 1.60 bits per heavy atom. The van der Waals surface area contributed by atoms with Gasteiger partial charge in [-0.25, -0.2) is 4.79 Å². The van der Waals surface area contributed by atoms with E-state index in [9.17, 15) is 4.79 Å². The highest BCUT2D eigenvalue weighted by Gasteiger charge is 2.22. The summed E-state index contributed by atoms with van der Waals surface area (Å²) in [5.41, 5.74) is 0.860. The van der Waals surface area contributed by atoms with Crippen LogP contribution in [0.5, 0.6) is 17.4 Å². The number of nitrogens with one attached hydrogen (secondary N) is 2. The van der Waals surface area contributed by atoms with Crippen molar-refractivity contribution in [3.63, 3.8) is 0 Å². The first kappa shape index (κ1) is 23.7. The van der Waals surface area contributed by atoms with Gasteiger partial charge in [0.15, 0.2) is 0 Å². The fourth-order valence-electron chi connectivity index (χ4n) is 5.10. The Labute approximate surface area is 207 Å². The first-order chi connectivity index (χ1) is 17.2. The molecule has 5 rings (SSSR count). The van der Waals surface area contributed by atoms with Crippen molar-refractivity contribution in [2.45, 2.75) is 44.6 Å². The van der Waals surface area contributed by atoms with Crippen LogP contribution in [0.25, 0.3) is 10.9 Å². The van der Waals surface area contributed by atoms with Crippen LogP contribution in [-0.4, -0.2) is 66.2 Å². The summed E-state index contributed by atoms with van der Waals surface area (Å²) in [4.78, 5) is 20.9. The van der Waals surface area contributed by atoms with Gasteiger partial charge in [0.25, 0.3) is 0 Å². The molecule has 2 aromatic carbocycles. The molecule has 2 aliphatic heterocycles. The van der Waals surface area contributed by atoms with Gasteiger partial charge in [-0.3, -0.25) is 0 Å². The quantitative estimate of drug-likeness (QED) is 0.479. The number of amides is 1. The van der Waals surface area contributed by atoms with Crippen LogP contribution in [-0.2, 0) is 0 Å². The summed E-state index contributed by atoms with van der Waals surface area (Å²) < 4.78 is 11.6. The van der Waals surface area contributed by atoms with E-state index in [2.05, 4.69) is 20.1 Å². The maximum atomic E-state index is 12.6. The number of carbonyl (C=O) groups is 1. The Hall–Kier alpha value is -3.03. The first-order valence-electron chi connectivity index (χ1n) is 13.0. The number of para-hydroxylation sites is 1. The minimum absolute atomic E-state index is 0.151. The molecule has 1 amide bonds. The standard InChI is InChI=1S/C28H36N4O3/c33-28(29-22-13-17-32(18-14-22)20-19-31-15-6-1-2-7-16-31)35-27-21-24-25(30-27)11-8-12-26(24)34-23-9-4-3-5-10-23/h3-5,8-12,21-22,30H,1-2,6-7,13-20H2,(H,29,33). The summed E-state index contributed by atoms with van der Waals surface area (Å²) in [5, 5.41) is 3.92. The summed E-state index contributed by atoms with van der Waals surface area (Å²) in [6.45, 7) is 6.82. The minimum Gasteiger partial charge on any atom is -0.457 e. The van der Waals surface area contributed by atoms with Gasteiger partial charge in [0, 0.05) is 43.7 Å². The zero-order chi connectivity index (χ0) is 23.9. The van der Waals surface area contributed by atoms with Crippen molar-refractivity contribution in [1.82, 2.24) is 20.1 Å². The average Bonchev–Trinajstić information content (AvgIpc) is 3.10. The zero-order valence-electron chi connectivity index (χ0n) is 20.4. The summed E-state index contributed by atoms with van der Waals surface area (Å²) >= 11 is 0. The molecule has 2 aliphatic rings. The fraction of sp³-hybridized carbons (Fsp3) is 0.464. The monoisotopic (exact) mass is 476 g/mol. The molecular formula is C28H36N4O3. The summed E-state index contributed by atoms with van der Waals surface area (Å²) in [7, 11) is 0. The SMILES string of the molecule is O=C(NC1CCN(CCN2CCCCCC2)CC1)Oc1cc2c(Oc3ccccc3)cccc2[nH]1. The molecule has 2 N–H and O–H groups in total. The molecule has 2 saturated heterocycles. The largest absolute Gasteiger partial charge is 0.457 e. The molecule has 0 atom stereocenters. The van der Waals surface area contributed by atoms with E-state index in [1.165, 1.54) is 38.8 Å². The van der Waals surface area contributed by atoms with Gasteiger partial charge in [-0.05, 0) is 63.0 Å². The highest BCUT2D eigenvalue weighted by atomic mass is 16.6. The van der Waals surface area contributed by atoms with E-state index >= 15 is 0 Å². The van der Waals surface area contributed by atoms with Crippen LogP contribution in [0.3, 0.4) is 0 Å². The highest BCUT2D eigenvalue weighted by molar-refractivity contribution is 5.88. The molecule has 3 heterocycles. The predicted molar refractivity (Wildman–Crippen MR) is 138 cm³/mol. The molecule has 1 aromatic heterocycles. The molecule has 0 unspecified atom stereocenters. The molecule has 7 heteroatoms. The fourth-order valence-corrected chi connectivity index (χ4v) is 5.10. The molecular weight excluding hydrogens is 440 g/mol. The van der Waals surface area contributed by atoms with Crippen molar-refractivity contribution in [2.75, 3.05) is 39.3 Å². The lowest BCUT2D eigenvalue weighted by atomic mass is 10.1. The van der Waals surface area contributed by atoms with Crippen molar-refractivity contribution in [1.29, 1.82) is 0 Å². The summed E-state index contributed by atoms with van der Waals surface area (Å²) in [5.74, 6) is 1.89. The van der Waals surface area contributed by atoms with E-state index in [0.717, 1.165) is 55.7 Å². The van der Waals surface area contributed by atoms with Crippen LogP contribution in [0.4, 0.5) is 4.79 Å². The number of hydrogen-bond donors (Lipinski definition) is 2. The number of ether oxygens (including phenoxy) is 2. The minimum atomic E-state index is -0.412. The molecule has 0 bridgehead atoms. The Balaban J connectivity index is 1.09. The maximum Gasteiger partial charge on any atom is 0.414 e. The lowest BCUT2D eigenvalue weighted by Crippen LogP contribution is -2.47. The van der Waals surface area contributed by atoms with Gasteiger partial charge in [0.05, 0.1) is 5.52 Å². The van der Waals surface area contributed by atoms with Crippen LogP contribution in [0.2, 0.25) is 0 Å². The molecule has 7 nitrogen and oxygen atoms in total. The number of aromatic amines is 1. The predicted octanol–water partition coefficient (Wildman–Crippen LogP) is 5.39. The van der Waals surface area contributed by atoms with Crippen molar-refractivity contribution in [3.05, 3.63) is 54.6 Å². The van der Waals surface area contributed by atoms with Crippen LogP contribution < -0.4 is 14.8 Å². The Morgan fingerprint density at radius 1 is 0.886 bits per heavy atom. The number of benzene rings is 2. The third-order valence-electron chi connectivity index (χ3n) is 7.11. The van der Waals surface area contributed by atoms with Crippen molar-refractivity contribution < 1.29 is 14.3 Å². The van der Waals surface area contributed by atoms with Gasteiger partial charge < -0.3 is 29.6 Å². The van der Waals surface area contributed by atoms with Gasteiger partial charge in [0.2, 0.25) is 5.88 Å². The summed E-state index contributed by atoms with van der Waals surface area (Å²) in [6, 6.07) is 17.4. The molecule has 0 radical (unpaired) electrons. The smallest absolute Gasteiger partial charge is 0.414 e. The lowest BCUT2D eigenvalue weighted by Gasteiger charge is -2.33. The van der Waals surface area contributed by atoms with Gasteiger partial charge in [-0.1, -0.05) is 37.1 Å². The number of nitrogens with zero attached hydrogens (tertiary/aromatic N) is 2. The molecule has 3 aromatic rings. The van der Waals surface area contributed by atoms with E-state index in [0.29, 0.717) is 11.6 Å². The van der Waals surface area contributed by atoms with Crippen LogP contribution in [0.1, 0.15) is 38.5 Å². The van der Waals surface area contributed by atoms with Gasteiger partial charge >= 0.3 is 6.09 Å². The van der Waals surface area contributed by atoms with Crippen LogP contribution in [0, 0.1) is 0 Å². The second-order valence-corrected chi connectivity index (χ2v) is 9.67. The third kappa shape index (κ3) is 6.55. The summed E-state index contributed by atoms with van der Waals surface area (Å²) in [6.07, 6.45) is 6.94. The molecule has 0 saturated carbocycles. The number of piperidine rings is 1. The van der Waals surface area contributed by atoms with Gasteiger partial charge in [0.1, 0.15) is 11.5 Å². The van der Waals surface area contributed by atoms with E-state index in [4.69, 9.17) is 9.47 Å². The lowest BCUT2D eigenvalue weighted by molar-refractivity contribution is 0.157. The first-order valence-corrected chi connectivity index (χ1v) is 13.0. The molecule has 0 spiro atoms. The van der Waals surface area contributed by atoms with E-state index in [1.807, 2.05) is 54.6 Å². The number of rotatable bonds is 7. The number of carbonyl (C=O) groups excluding carboxylic acids is 1. The van der Waals surface area contributed by atoms with Crippen molar-refractivity contribution in [3.8, 4) is 17.4 Å². The number of likely N-dealkylation sites (tertiary alicyclic amines) is 2. The second kappa shape index (κ2) is 11.6. The molecule has 35 heavy (non-hydrogen) atoms. The number of hydrogen-bond acceptors (Lipinski definition) is 5. The van der Waals surface area contributed by atoms with Crippen LogP contribution in [0.15, 0.2) is 54.6 Å². The molecule has 0 aliphatic carbocycles. The third-order valence-corrected chi connectivity index (χ3v) is 7.11. The van der Waals surface area contributed by atoms with E-state index < -0.39 is 6.09 Å². The Kier molecular flexibility index (Phi) is 7.85. The maximum absolute atomic E-state index is 12.6. The van der Waals surface area contributed by atoms with Gasteiger partial charge in [-0.15, -0.1) is 0 Å². The number of H-pyrrole nitrogens is 1. The topological polar surface area (TPSA) is 69.8 Å². The Morgan fingerprint density at radius 3 is 2.34 bits per heavy atom. The number of fused-ring (bicyclic) bond motifs is 1. The van der Waals surface area contributed by atoms with Crippen molar-refractivity contribution in [2.24, 2.45) is 0 Å². The van der Waals surface area contributed by atoms with E-state index in [-0.39, 0.29) is 6.04 Å². The van der Waals surface area contributed by atoms with Crippen molar-refractivity contribution >= 4 is 17.0 Å². The molecule has 186 valence electrons. The molecule has 2 fully saturated rings. The normalized spacial score (nSPS) is 18.3. The Bertz CT molecular complexity index is 1080. The van der Waals surface area contributed by atoms with Crippen LogP contribution >= 0.6 is 0 Å². The van der Waals surface area contributed by atoms with E-state index in [1.54, 1.807) is 0 Å². The number of aromatic nitrogens is 1. The second-order valence-electron chi connectivity index (χ2n) is 9.67. The average molecular weight is 477 g/mol. The highest BCUT2D eigenvalue weighted by Crippen LogP contribution is 2.32. The van der Waals surface area contributed by atoms with Gasteiger partial charge in [-0.2, -0.15) is 0 Å². The zero-order valence-corrected chi connectivity index (χ0v) is 20.4.